The van der Waals surface area contributed by atoms with Crippen molar-refractivity contribution < 1.29 is 4.79 Å². The highest BCUT2D eigenvalue weighted by molar-refractivity contribution is 5.85. The highest BCUT2D eigenvalue weighted by Gasteiger charge is 2.40. The van der Waals surface area contributed by atoms with Crippen molar-refractivity contribution in [1.29, 1.82) is 0 Å². The Hall–Kier alpha value is -1.92. The quantitative estimate of drug-likeness (QED) is 0.859. The van der Waals surface area contributed by atoms with E-state index in [1.54, 1.807) is 11.0 Å². The molecule has 4 rings (SSSR count). The maximum atomic E-state index is 12.6. The Morgan fingerprint density at radius 1 is 1.19 bits per heavy atom. The number of carbonyl (C=O) groups excluding carboxylic acids is 1. The van der Waals surface area contributed by atoms with Crippen LogP contribution in [0.1, 0.15) is 37.7 Å². The molecule has 2 bridgehead atoms. The number of hydrogen-bond acceptors (Lipinski definition) is 4. The fraction of sp³-hybridized carbons (Fsp3) is 0.526. The summed E-state index contributed by atoms with van der Waals surface area (Å²) in [4.78, 5) is 16.5. The van der Waals surface area contributed by atoms with Gasteiger partial charge in [0.1, 0.15) is 12.7 Å². The summed E-state index contributed by atoms with van der Waals surface area (Å²) in [6.07, 6.45) is 8.73. The molecule has 2 aliphatic carbocycles. The summed E-state index contributed by atoms with van der Waals surface area (Å²) < 4.78 is 1.71. The zero-order valence-corrected chi connectivity index (χ0v) is 15.6. The third kappa shape index (κ3) is 3.91. The molecule has 26 heavy (non-hydrogen) atoms. The van der Waals surface area contributed by atoms with Crippen LogP contribution in [0, 0.1) is 17.8 Å². The molecule has 2 unspecified atom stereocenters. The van der Waals surface area contributed by atoms with Crippen LogP contribution in [-0.4, -0.2) is 26.7 Å². The summed E-state index contributed by atoms with van der Waals surface area (Å²) in [5.41, 5.74) is 8.37. The van der Waals surface area contributed by atoms with E-state index in [0.717, 1.165) is 24.1 Å². The number of amides is 1. The molecule has 1 amide bonds. The molecule has 2 fully saturated rings. The number of nitrogens with two attached hydrogens (primary N) is 1. The molecule has 3 N–H and O–H groups in total. The predicted molar refractivity (Wildman–Crippen MR) is 102 cm³/mol. The van der Waals surface area contributed by atoms with Gasteiger partial charge >= 0.3 is 0 Å². The molecule has 2 aromatic rings. The van der Waals surface area contributed by atoms with Crippen LogP contribution in [0.25, 0.3) is 5.69 Å². The van der Waals surface area contributed by atoms with Crippen molar-refractivity contribution in [1.82, 2.24) is 20.1 Å². The summed E-state index contributed by atoms with van der Waals surface area (Å²) in [6.45, 7) is 0.564. The van der Waals surface area contributed by atoms with Gasteiger partial charge in [0.25, 0.3) is 0 Å². The number of aromatic nitrogens is 3. The number of nitrogens with zero attached hydrogens (tertiary/aromatic N) is 3. The second-order valence-corrected chi connectivity index (χ2v) is 7.42. The highest BCUT2D eigenvalue weighted by atomic mass is 35.5. The first-order valence-corrected chi connectivity index (χ1v) is 9.18. The first-order chi connectivity index (χ1) is 12.2. The van der Waals surface area contributed by atoms with E-state index in [9.17, 15) is 4.79 Å². The summed E-state index contributed by atoms with van der Waals surface area (Å²) in [5.74, 6) is 1.38. The van der Waals surface area contributed by atoms with Gasteiger partial charge in [0, 0.05) is 18.5 Å². The van der Waals surface area contributed by atoms with E-state index in [2.05, 4.69) is 15.4 Å². The molecule has 2 atom stereocenters. The number of carbonyl (C=O) groups is 1. The standard InChI is InChI=1S/C19H25N5O.ClH/c20-18-14-2-1-3-15(18)9-16(8-14)19(25)22-10-13-4-6-17(7-5-13)24-12-21-11-23-24;/h4-7,11-12,14-16,18H,1-3,8-10,20H2,(H,22,25);1H. The Balaban J connectivity index is 0.00000196. The molecule has 1 aromatic heterocycles. The van der Waals surface area contributed by atoms with E-state index >= 15 is 0 Å². The predicted octanol–water partition coefficient (Wildman–Crippen LogP) is 2.46. The normalized spacial score (nSPS) is 27.4. The van der Waals surface area contributed by atoms with Crippen LogP contribution in [0.3, 0.4) is 0 Å². The second-order valence-electron chi connectivity index (χ2n) is 7.42. The van der Waals surface area contributed by atoms with Gasteiger partial charge in [-0.25, -0.2) is 9.67 Å². The van der Waals surface area contributed by atoms with E-state index in [0.29, 0.717) is 24.4 Å². The first kappa shape index (κ1) is 18.9. The molecule has 7 heteroatoms. The molecule has 1 aromatic carbocycles. The Morgan fingerprint density at radius 3 is 2.50 bits per heavy atom. The zero-order valence-electron chi connectivity index (χ0n) is 14.8. The fourth-order valence-electron chi connectivity index (χ4n) is 4.44. The Morgan fingerprint density at radius 2 is 1.88 bits per heavy atom. The van der Waals surface area contributed by atoms with Crippen molar-refractivity contribution in [2.45, 2.75) is 44.7 Å². The van der Waals surface area contributed by atoms with Crippen LogP contribution >= 0.6 is 12.4 Å². The number of hydrogen-bond donors (Lipinski definition) is 2. The first-order valence-electron chi connectivity index (χ1n) is 9.18. The summed E-state index contributed by atoms with van der Waals surface area (Å²) >= 11 is 0. The second kappa shape index (κ2) is 8.18. The number of halogens is 1. The lowest BCUT2D eigenvalue weighted by Gasteiger charge is -2.43. The van der Waals surface area contributed by atoms with Crippen molar-refractivity contribution >= 4 is 18.3 Å². The number of fused-ring (bicyclic) bond motifs is 2. The lowest BCUT2D eigenvalue weighted by atomic mass is 9.65. The zero-order chi connectivity index (χ0) is 17.2. The topological polar surface area (TPSA) is 85.8 Å². The molecular formula is C19H26ClN5O. The fourth-order valence-corrected chi connectivity index (χ4v) is 4.44. The van der Waals surface area contributed by atoms with Gasteiger partial charge in [-0.2, -0.15) is 5.10 Å². The molecule has 6 nitrogen and oxygen atoms in total. The van der Waals surface area contributed by atoms with Crippen LogP contribution < -0.4 is 11.1 Å². The maximum Gasteiger partial charge on any atom is 0.223 e. The molecule has 0 saturated heterocycles. The molecule has 0 aliphatic heterocycles. The van der Waals surface area contributed by atoms with Crippen molar-refractivity contribution in [3.8, 4) is 5.69 Å². The van der Waals surface area contributed by atoms with Gasteiger partial charge in [-0.05, 0) is 55.2 Å². The minimum Gasteiger partial charge on any atom is -0.352 e. The van der Waals surface area contributed by atoms with Gasteiger partial charge in [-0.3, -0.25) is 4.79 Å². The molecule has 1 heterocycles. The molecule has 0 spiro atoms. The van der Waals surface area contributed by atoms with Gasteiger partial charge in [0.15, 0.2) is 0 Å². The van der Waals surface area contributed by atoms with Gasteiger partial charge in [-0.15, -0.1) is 12.4 Å². The highest BCUT2D eigenvalue weighted by Crippen LogP contribution is 2.41. The summed E-state index contributed by atoms with van der Waals surface area (Å²) in [6, 6.07) is 8.31. The average Bonchev–Trinajstić information content (AvgIpc) is 3.14. The largest absolute Gasteiger partial charge is 0.352 e. The van der Waals surface area contributed by atoms with E-state index in [-0.39, 0.29) is 24.2 Å². The molecule has 0 radical (unpaired) electrons. The number of benzene rings is 1. The van der Waals surface area contributed by atoms with E-state index in [1.807, 2.05) is 24.3 Å². The minimum absolute atomic E-state index is 0. The minimum atomic E-state index is 0. The molecule has 2 aliphatic rings. The van der Waals surface area contributed by atoms with E-state index in [1.165, 1.54) is 25.6 Å². The average molecular weight is 376 g/mol. The van der Waals surface area contributed by atoms with Crippen LogP contribution in [-0.2, 0) is 11.3 Å². The summed E-state index contributed by atoms with van der Waals surface area (Å²) in [7, 11) is 0. The Kier molecular flexibility index (Phi) is 5.94. The van der Waals surface area contributed by atoms with Gasteiger partial charge in [0.2, 0.25) is 5.91 Å². The third-order valence-electron chi connectivity index (χ3n) is 5.87. The van der Waals surface area contributed by atoms with Gasteiger partial charge in [-0.1, -0.05) is 18.6 Å². The Labute approximate surface area is 160 Å². The van der Waals surface area contributed by atoms with Crippen molar-refractivity contribution in [3.05, 3.63) is 42.5 Å². The van der Waals surface area contributed by atoms with Crippen molar-refractivity contribution in [3.63, 3.8) is 0 Å². The molecular weight excluding hydrogens is 350 g/mol. The summed E-state index contributed by atoms with van der Waals surface area (Å²) in [5, 5.41) is 7.22. The van der Waals surface area contributed by atoms with Crippen molar-refractivity contribution in [2.24, 2.45) is 23.5 Å². The van der Waals surface area contributed by atoms with E-state index < -0.39 is 0 Å². The van der Waals surface area contributed by atoms with E-state index in [4.69, 9.17) is 5.73 Å². The number of rotatable bonds is 4. The smallest absolute Gasteiger partial charge is 0.223 e. The Bertz CT molecular complexity index is 704. The van der Waals surface area contributed by atoms with Gasteiger partial charge < -0.3 is 11.1 Å². The van der Waals surface area contributed by atoms with Crippen molar-refractivity contribution in [2.75, 3.05) is 0 Å². The van der Waals surface area contributed by atoms with Crippen LogP contribution in [0.2, 0.25) is 0 Å². The van der Waals surface area contributed by atoms with Crippen LogP contribution in [0.15, 0.2) is 36.9 Å². The molecule has 140 valence electrons. The van der Waals surface area contributed by atoms with Crippen LogP contribution in [0.4, 0.5) is 0 Å². The SMILES string of the molecule is Cl.NC1C2CCCC1CC(C(=O)NCc1ccc(-n3cncn3)cc1)C2. The van der Waals surface area contributed by atoms with Crippen LogP contribution in [0.5, 0.6) is 0 Å². The molecule has 2 saturated carbocycles. The maximum absolute atomic E-state index is 12.6. The lowest BCUT2D eigenvalue weighted by Crippen LogP contribution is -2.49. The monoisotopic (exact) mass is 375 g/mol. The lowest BCUT2D eigenvalue weighted by molar-refractivity contribution is -0.128. The third-order valence-corrected chi connectivity index (χ3v) is 5.87. The van der Waals surface area contributed by atoms with Gasteiger partial charge in [0.05, 0.1) is 5.69 Å². The number of nitrogens with one attached hydrogen (secondary N) is 1.